The second-order valence-corrected chi connectivity index (χ2v) is 6.48. The summed E-state index contributed by atoms with van der Waals surface area (Å²) >= 11 is 0. The standard InChI is InChI=1S/C14H25NO2/c1-13(2)10-6-7-14(13,3)11(9-10)17-12(16)5-4-8-15/h10-11H,4-9,15H2,1-3H3. The fraction of sp³-hybridized carbons (Fsp3) is 0.929. The first kappa shape index (κ1) is 12.9. The van der Waals surface area contributed by atoms with Gasteiger partial charge in [0.25, 0.3) is 0 Å². The predicted octanol–water partition coefficient (Wildman–Crippen LogP) is 2.48. The van der Waals surface area contributed by atoms with Gasteiger partial charge in [-0.25, -0.2) is 0 Å². The summed E-state index contributed by atoms with van der Waals surface area (Å²) in [5.41, 5.74) is 5.89. The summed E-state index contributed by atoms with van der Waals surface area (Å²) in [4.78, 5) is 11.7. The van der Waals surface area contributed by atoms with Gasteiger partial charge in [-0.3, -0.25) is 4.79 Å². The van der Waals surface area contributed by atoms with E-state index in [1.165, 1.54) is 12.8 Å². The number of fused-ring (bicyclic) bond motifs is 2. The average molecular weight is 239 g/mol. The smallest absolute Gasteiger partial charge is 0.306 e. The molecule has 3 unspecified atom stereocenters. The summed E-state index contributed by atoms with van der Waals surface area (Å²) < 4.78 is 5.69. The van der Waals surface area contributed by atoms with Gasteiger partial charge in [0, 0.05) is 11.8 Å². The first-order valence-corrected chi connectivity index (χ1v) is 6.81. The molecule has 0 amide bonds. The van der Waals surface area contributed by atoms with Gasteiger partial charge in [-0.1, -0.05) is 20.8 Å². The molecule has 17 heavy (non-hydrogen) atoms. The van der Waals surface area contributed by atoms with Gasteiger partial charge in [0.2, 0.25) is 0 Å². The number of hydrogen-bond acceptors (Lipinski definition) is 3. The third-order valence-electron chi connectivity index (χ3n) is 5.57. The number of nitrogens with two attached hydrogens (primary N) is 1. The minimum atomic E-state index is -0.0648. The second kappa shape index (κ2) is 4.27. The van der Waals surface area contributed by atoms with E-state index in [0.717, 1.165) is 18.8 Å². The van der Waals surface area contributed by atoms with Gasteiger partial charge in [0.15, 0.2) is 0 Å². The van der Waals surface area contributed by atoms with Crippen molar-refractivity contribution in [1.29, 1.82) is 0 Å². The van der Waals surface area contributed by atoms with Crippen molar-refractivity contribution < 1.29 is 9.53 Å². The maximum atomic E-state index is 11.7. The zero-order chi connectivity index (χ0) is 12.7. The van der Waals surface area contributed by atoms with Crippen molar-refractivity contribution in [2.45, 2.75) is 59.0 Å². The summed E-state index contributed by atoms with van der Waals surface area (Å²) in [6.07, 6.45) is 4.86. The second-order valence-electron chi connectivity index (χ2n) is 6.48. The number of carbonyl (C=O) groups is 1. The molecule has 98 valence electrons. The number of hydrogen-bond donors (Lipinski definition) is 1. The topological polar surface area (TPSA) is 52.3 Å². The summed E-state index contributed by atoms with van der Waals surface area (Å²) in [5.74, 6) is 0.657. The quantitative estimate of drug-likeness (QED) is 0.767. The Labute approximate surface area is 104 Å². The predicted molar refractivity (Wildman–Crippen MR) is 67.4 cm³/mol. The van der Waals surface area contributed by atoms with Crippen molar-refractivity contribution in [2.24, 2.45) is 22.5 Å². The molecule has 0 aromatic rings. The third-order valence-corrected chi connectivity index (χ3v) is 5.57. The molecule has 2 saturated carbocycles. The SMILES string of the molecule is CC1(C)C2CCC1(C)C(OC(=O)CCCN)C2. The third kappa shape index (κ3) is 1.88. The lowest BCUT2D eigenvalue weighted by molar-refractivity contribution is -0.156. The van der Waals surface area contributed by atoms with E-state index in [4.69, 9.17) is 10.5 Å². The molecular formula is C14H25NO2. The molecule has 0 aromatic heterocycles. The highest BCUT2D eigenvalue weighted by Crippen LogP contribution is 2.66. The maximum absolute atomic E-state index is 11.7. The monoisotopic (exact) mass is 239 g/mol. The van der Waals surface area contributed by atoms with E-state index < -0.39 is 0 Å². The van der Waals surface area contributed by atoms with Crippen LogP contribution in [0.3, 0.4) is 0 Å². The molecule has 2 rings (SSSR count). The molecule has 3 atom stereocenters. The van der Waals surface area contributed by atoms with Gasteiger partial charge in [-0.05, 0) is 43.6 Å². The van der Waals surface area contributed by atoms with E-state index >= 15 is 0 Å². The summed E-state index contributed by atoms with van der Waals surface area (Å²) in [6.45, 7) is 7.52. The van der Waals surface area contributed by atoms with Gasteiger partial charge in [0.1, 0.15) is 6.10 Å². The minimum Gasteiger partial charge on any atom is -0.462 e. The summed E-state index contributed by atoms with van der Waals surface area (Å²) in [6, 6.07) is 0. The van der Waals surface area contributed by atoms with Crippen LogP contribution in [0.4, 0.5) is 0 Å². The van der Waals surface area contributed by atoms with Gasteiger partial charge < -0.3 is 10.5 Å². The number of ether oxygens (including phenoxy) is 1. The first-order valence-electron chi connectivity index (χ1n) is 6.81. The molecule has 0 saturated heterocycles. The van der Waals surface area contributed by atoms with E-state index in [9.17, 15) is 4.79 Å². The number of esters is 1. The lowest BCUT2D eigenvalue weighted by atomic mass is 9.70. The summed E-state index contributed by atoms with van der Waals surface area (Å²) in [5, 5.41) is 0. The highest BCUT2D eigenvalue weighted by molar-refractivity contribution is 5.69. The van der Waals surface area contributed by atoms with Crippen LogP contribution in [0.15, 0.2) is 0 Å². The van der Waals surface area contributed by atoms with Gasteiger partial charge in [-0.2, -0.15) is 0 Å². The Morgan fingerprint density at radius 1 is 1.41 bits per heavy atom. The summed E-state index contributed by atoms with van der Waals surface area (Å²) in [7, 11) is 0. The van der Waals surface area contributed by atoms with E-state index in [1.54, 1.807) is 0 Å². The molecule has 2 N–H and O–H groups in total. The molecule has 2 aliphatic carbocycles. The fourth-order valence-corrected chi connectivity index (χ4v) is 3.77. The molecule has 3 heteroatoms. The first-order chi connectivity index (χ1) is 7.91. The van der Waals surface area contributed by atoms with Gasteiger partial charge >= 0.3 is 5.97 Å². The van der Waals surface area contributed by atoms with Crippen LogP contribution in [0.1, 0.15) is 52.9 Å². The van der Waals surface area contributed by atoms with Crippen molar-refractivity contribution in [2.75, 3.05) is 6.54 Å². The van der Waals surface area contributed by atoms with E-state index in [2.05, 4.69) is 20.8 Å². The lowest BCUT2D eigenvalue weighted by Gasteiger charge is -2.38. The van der Waals surface area contributed by atoms with Crippen molar-refractivity contribution in [1.82, 2.24) is 0 Å². The molecule has 0 aliphatic heterocycles. The molecule has 2 bridgehead atoms. The molecule has 2 fully saturated rings. The van der Waals surface area contributed by atoms with Gasteiger partial charge in [-0.15, -0.1) is 0 Å². The highest BCUT2D eigenvalue weighted by Gasteiger charge is 2.62. The van der Waals surface area contributed by atoms with Crippen molar-refractivity contribution >= 4 is 5.97 Å². The largest absolute Gasteiger partial charge is 0.462 e. The van der Waals surface area contributed by atoms with Crippen LogP contribution >= 0.6 is 0 Å². The Balaban J connectivity index is 1.98. The molecule has 0 radical (unpaired) electrons. The van der Waals surface area contributed by atoms with Crippen LogP contribution in [-0.4, -0.2) is 18.6 Å². The molecule has 3 nitrogen and oxygen atoms in total. The van der Waals surface area contributed by atoms with Crippen molar-refractivity contribution in [3.05, 3.63) is 0 Å². The number of carbonyl (C=O) groups excluding carboxylic acids is 1. The maximum Gasteiger partial charge on any atom is 0.306 e. The normalized spacial score (nSPS) is 38.4. The molecule has 2 aliphatic rings. The Hall–Kier alpha value is -0.570. The highest BCUT2D eigenvalue weighted by atomic mass is 16.5. The van der Waals surface area contributed by atoms with Crippen LogP contribution in [0.5, 0.6) is 0 Å². The Morgan fingerprint density at radius 3 is 2.59 bits per heavy atom. The molecule has 0 heterocycles. The van der Waals surface area contributed by atoms with Crippen molar-refractivity contribution in [3.8, 4) is 0 Å². The van der Waals surface area contributed by atoms with Gasteiger partial charge in [0.05, 0.1) is 0 Å². The average Bonchev–Trinajstić information content (AvgIpc) is 2.59. The Bertz CT molecular complexity index is 313. The van der Waals surface area contributed by atoms with E-state index in [1.807, 2.05) is 0 Å². The van der Waals surface area contributed by atoms with Crippen LogP contribution in [0.2, 0.25) is 0 Å². The van der Waals surface area contributed by atoms with Crippen LogP contribution in [-0.2, 0) is 9.53 Å². The van der Waals surface area contributed by atoms with Crippen LogP contribution in [0.25, 0.3) is 0 Å². The zero-order valence-electron chi connectivity index (χ0n) is 11.3. The van der Waals surface area contributed by atoms with E-state index in [0.29, 0.717) is 18.4 Å². The zero-order valence-corrected chi connectivity index (χ0v) is 11.3. The van der Waals surface area contributed by atoms with E-state index in [-0.39, 0.29) is 17.5 Å². The van der Waals surface area contributed by atoms with Crippen LogP contribution in [0, 0.1) is 16.7 Å². The van der Waals surface area contributed by atoms with Crippen LogP contribution < -0.4 is 5.73 Å². The van der Waals surface area contributed by atoms with Crippen molar-refractivity contribution in [3.63, 3.8) is 0 Å². The minimum absolute atomic E-state index is 0.0648. The lowest BCUT2D eigenvalue weighted by Crippen LogP contribution is -2.38. The molecular weight excluding hydrogens is 214 g/mol. The number of rotatable bonds is 4. The fourth-order valence-electron chi connectivity index (χ4n) is 3.77. The Kier molecular flexibility index (Phi) is 3.23. The molecule has 0 spiro atoms. The Morgan fingerprint density at radius 2 is 2.12 bits per heavy atom. The molecule has 0 aromatic carbocycles.